The van der Waals surface area contributed by atoms with Crippen LogP contribution in [0, 0.1) is 5.92 Å². The third kappa shape index (κ3) is 4.40. The Hall–Kier alpha value is -1.44. The Kier molecular flexibility index (Phi) is 5.76. The molecule has 3 rings (SSSR count). The lowest BCUT2D eigenvalue weighted by atomic mass is 9.91. The SMILES string of the molecule is NC1CCC(NC(=O)C2CCCN(S(=O)(=O)c3ccccc3)C2)CC1. The number of nitrogens with two attached hydrogens (primary N) is 1. The number of nitrogens with zero attached hydrogens (tertiary/aromatic N) is 1. The van der Waals surface area contributed by atoms with Gasteiger partial charge in [-0.2, -0.15) is 4.31 Å². The first-order chi connectivity index (χ1) is 12.0. The average molecular weight is 365 g/mol. The van der Waals surface area contributed by atoms with Crippen LogP contribution in [0.15, 0.2) is 35.2 Å². The van der Waals surface area contributed by atoms with Crippen LogP contribution >= 0.6 is 0 Å². The topological polar surface area (TPSA) is 92.5 Å². The lowest BCUT2D eigenvalue weighted by molar-refractivity contribution is -0.127. The van der Waals surface area contributed by atoms with E-state index in [4.69, 9.17) is 5.73 Å². The molecule has 1 aliphatic carbocycles. The van der Waals surface area contributed by atoms with Gasteiger partial charge in [-0.25, -0.2) is 8.42 Å². The van der Waals surface area contributed by atoms with Crippen LogP contribution in [0.5, 0.6) is 0 Å². The van der Waals surface area contributed by atoms with Gasteiger partial charge in [0.15, 0.2) is 0 Å². The van der Waals surface area contributed by atoms with Gasteiger partial charge in [-0.3, -0.25) is 4.79 Å². The molecule has 0 bridgehead atoms. The minimum Gasteiger partial charge on any atom is -0.353 e. The molecule has 1 unspecified atom stereocenters. The van der Waals surface area contributed by atoms with Gasteiger partial charge in [0.1, 0.15) is 0 Å². The third-order valence-electron chi connectivity index (χ3n) is 5.25. The fourth-order valence-electron chi connectivity index (χ4n) is 3.70. The maximum absolute atomic E-state index is 12.8. The molecule has 25 heavy (non-hydrogen) atoms. The standard InChI is InChI=1S/C18H27N3O3S/c19-15-8-10-16(11-9-15)20-18(22)14-5-4-12-21(13-14)25(23,24)17-6-2-1-3-7-17/h1-3,6-7,14-16H,4-5,8-13,19H2,(H,20,22). The molecule has 138 valence electrons. The molecule has 1 aromatic carbocycles. The highest BCUT2D eigenvalue weighted by atomic mass is 32.2. The second-order valence-electron chi connectivity index (χ2n) is 7.14. The van der Waals surface area contributed by atoms with Gasteiger partial charge in [-0.1, -0.05) is 18.2 Å². The summed E-state index contributed by atoms with van der Waals surface area (Å²) in [6, 6.07) is 8.85. The number of amides is 1. The van der Waals surface area contributed by atoms with Gasteiger partial charge in [-0.15, -0.1) is 0 Å². The molecule has 7 heteroatoms. The normalized spacial score (nSPS) is 28.4. The highest BCUT2D eigenvalue weighted by Gasteiger charge is 2.34. The molecule has 1 aliphatic heterocycles. The van der Waals surface area contributed by atoms with Gasteiger partial charge in [0.05, 0.1) is 10.8 Å². The van der Waals surface area contributed by atoms with E-state index in [2.05, 4.69) is 5.32 Å². The van der Waals surface area contributed by atoms with Crippen LogP contribution in [0.2, 0.25) is 0 Å². The van der Waals surface area contributed by atoms with Gasteiger partial charge in [0, 0.05) is 25.2 Å². The first kappa shape index (κ1) is 18.4. The van der Waals surface area contributed by atoms with E-state index in [-0.39, 0.29) is 35.3 Å². The van der Waals surface area contributed by atoms with E-state index in [0.717, 1.165) is 32.1 Å². The van der Waals surface area contributed by atoms with E-state index in [1.54, 1.807) is 30.3 Å². The Balaban J connectivity index is 1.62. The Labute approximate surface area is 149 Å². The Morgan fingerprint density at radius 2 is 1.76 bits per heavy atom. The van der Waals surface area contributed by atoms with Gasteiger partial charge in [0.2, 0.25) is 15.9 Å². The van der Waals surface area contributed by atoms with Crippen molar-refractivity contribution >= 4 is 15.9 Å². The summed E-state index contributed by atoms with van der Waals surface area (Å²) in [6.07, 6.45) is 5.13. The molecule has 1 saturated carbocycles. The third-order valence-corrected chi connectivity index (χ3v) is 7.13. The molecule has 1 heterocycles. The summed E-state index contributed by atoms with van der Waals surface area (Å²) in [4.78, 5) is 12.9. The molecular formula is C18H27N3O3S. The Morgan fingerprint density at radius 3 is 2.44 bits per heavy atom. The van der Waals surface area contributed by atoms with Crippen molar-refractivity contribution in [2.75, 3.05) is 13.1 Å². The summed E-state index contributed by atoms with van der Waals surface area (Å²) in [5.41, 5.74) is 5.91. The number of hydrogen-bond acceptors (Lipinski definition) is 4. The van der Waals surface area contributed by atoms with Gasteiger partial charge in [0.25, 0.3) is 0 Å². The van der Waals surface area contributed by atoms with Gasteiger partial charge < -0.3 is 11.1 Å². The van der Waals surface area contributed by atoms with Crippen molar-refractivity contribution < 1.29 is 13.2 Å². The molecule has 1 amide bonds. The molecule has 3 N–H and O–H groups in total. The molecule has 1 saturated heterocycles. The summed E-state index contributed by atoms with van der Waals surface area (Å²) < 4.78 is 27.0. The number of carbonyl (C=O) groups excluding carboxylic acids is 1. The second kappa shape index (κ2) is 7.85. The maximum Gasteiger partial charge on any atom is 0.243 e. The zero-order chi connectivity index (χ0) is 17.9. The van der Waals surface area contributed by atoms with Crippen LogP contribution < -0.4 is 11.1 Å². The molecule has 1 atom stereocenters. The quantitative estimate of drug-likeness (QED) is 0.845. The maximum atomic E-state index is 12.8. The fourth-order valence-corrected chi connectivity index (χ4v) is 5.24. The van der Waals surface area contributed by atoms with Crippen molar-refractivity contribution in [2.24, 2.45) is 11.7 Å². The minimum atomic E-state index is -3.53. The van der Waals surface area contributed by atoms with Crippen molar-refractivity contribution in [2.45, 2.75) is 55.5 Å². The monoisotopic (exact) mass is 365 g/mol. The van der Waals surface area contributed by atoms with Crippen LogP contribution in [0.1, 0.15) is 38.5 Å². The smallest absolute Gasteiger partial charge is 0.243 e. The number of piperidine rings is 1. The Morgan fingerprint density at radius 1 is 1.08 bits per heavy atom. The predicted octanol–water partition coefficient (Wildman–Crippen LogP) is 1.47. The highest BCUT2D eigenvalue weighted by Crippen LogP contribution is 2.25. The summed E-state index contributed by atoms with van der Waals surface area (Å²) in [6.45, 7) is 0.731. The fraction of sp³-hybridized carbons (Fsp3) is 0.611. The number of rotatable bonds is 4. The van der Waals surface area contributed by atoms with E-state index in [1.807, 2.05) is 0 Å². The first-order valence-electron chi connectivity index (χ1n) is 9.08. The number of sulfonamides is 1. The summed E-state index contributed by atoms with van der Waals surface area (Å²) >= 11 is 0. The van der Waals surface area contributed by atoms with E-state index >= 15 is 0 Å². The van der Waals surface area contributed by atoms with Crippen molar-refractivity contribution in [3.8, 4) is 0 Å². The number of nitrogens with one attached hydrogen (secondary N) is 1. The number of carbonyl (C=O) groups is 1. The molecule has 6 nitrogen and oxygen atoms in total. The summed E-state index contributed by atoms with van der Waals surface area (Å²) in [7, 11) is -3.53. The second-order valence-corrected chi connectivity index (χ2v) is 9.07. The zero-order valence-corrected chi connectivity index (χ0v) is 15.2. The highest BCUT2D eigenvalue weighted by molar-refractivity contribution is 7.89. The number of benzene rings is 1. The van der Waals surface area contributed by atoms with E-state index in [1.165, 1.54) is 4.31 Å². The van der Waals surface area contributed by atoms with Crippen LogP contribution in [0.3, 0.4) is 0 Å². The van der Waals surface area contributed by atoms with E-state index in [9.17, 15) is 13.2 Å². The largest absolute Gasteiger partial charge is 0.353 e. The molecule has 0 aromatic heterocycles. The molecule has 0 spiro atoms. The zero-order valence-electron chi connectivity index (χ0n) is 14.4. The van der Waals surface area contributed by atoms with Crippen molar-refractivity contribution in [1.82, 2.24) is 9.62 Å². The van der Waals surface area contributed by atoms with E-state index < -0.39 is 10.0 Å². The average Bonchev–Trinajstić information content (AvgIpc) is 2.64. The molecule has 0 radical (unpaired) electrons. The minimum absolute atomic E-state index is 0.0200. The van der Waals surface area contributed by atoms with Crippen LogP contribution in [-0.2, 0) is 14.8 Å². The molecule has 2 fully saturated rings. The lowest BCUT2D eigenvalue weighted by Gasteiger charge is -2.33. The first-order valence-corrected chi connectivity index (χ1v) is 10.5. The number of hydrogen-bond donors (Lipinski definition) is 2. The van der Waals surface area contributed by atoms with Crippen molar-refractivity contribution in [3.05, 3.63) is 30.3 Å². The van der Waals surface area contributed by atoms with Crippen molar-refractivity contribution in [3.63, 3.8) is 0 Å². The van der Waals surface area contributed by atoms with E-state index in [0.29, 0.717) is 13.0 Å². The lowest BCUT2D eigenvalue weighted by Crippen LogP contribution is -2.48. The molecule has 1 aromatic rings. The summed E-state index contributed by atoms with van der Waals surface area (Å²) in [5, 5.41) is 3.10. The van der Waals surface area contributed by atoms with Gasteiger partial charge >= 0.3 is 0 Å². The molecular weight excluding hydrogens is 338 g/mol. The summed E-state index contributed by atoms with van der Waals surface area (Å²) in [5.74, 6) is -0.295. The van der Waals surface area contributed by atoms with Crippen molar-refractivity contribution in [1.29, 1.82) is 0 Å². The predicted molar refractivity (Wildman–Crippen MR) is 96.3 cm³/mol. The van der Waals surface area contributed by atoms with Crippen LogP contribution in [0.25, 0.3) is 0 Å². The van der Waals surface area contributed by atoms with Gasteiger partial charge in [-0.05, 0) is 50.7 Å². The molecule has 2 aliphatic rings. The van der Waals surface area contributed by atoms with Crippen LogP contribution in [0.4, 0.5) is 0 Å². The van der Waals surface area contributed by atoms with Crippen LogP contribution in [-0.4, -0.2) is 43.8 Å². The Bertz CT molecular complexity index is 685.